The van der Waals surface area contributed by atoms with Gasteiger partial charge in [0.2, 0.25) is 0 Å². The SMILES string of the molecule is C=C1Cc2cc(-c3ccc(Cn4cnc5ccccc5c4=O)c(F)c3)ccc2N1. The van der Waals surface area contributed by atoms with Gasteiger partial charge in [-0.05, 0) is 47.0 Å². The summed E-state index contributed by atoms with van der Waals surface area (Å²) >= 11 is 0. The van der Waals surface area contributed by atoms with E-state index in [1.807, 2.05) is 24.3 Å². The first-order chi connectivity index (χ1) is 14.1. The molecule has 0 saturated carbocycles. The smallest absolute Gasteiger partial charge is 0.261 e. The van der Waals surface area contributed by atoms with Crippen LogP contribution in [0.3, 0.4) is 0 Å². The minimum absolute atomic E-state index is 0.136. The van der Waals surface area contributed by atoms with E-state index in [1.54, 1.807) is 24.3 Å². The van der Waals surface area contributed by atoms with Crippen molar-refractivity contribution < 1.29 is 4.39 Å². The lowest BCUT2D eigenvalue weighted by Crippen LogP contribution is -2.21. The molecule has 3 aromatic carbocycles. The first-order valence-electron chi connectivity index (χ1n) is 9.39. The van der Waals surface area contributed by atoms with Gasteiger partial charge in [-0.2, -0.15) is 0 Å². The second kappa shape index (κ2) is 6.71. The summed E-state index contributed by atoms with van der Waals surface area (Å²) in [4.78, 5) is 17.0. The van der Waals surface area contributed by atoms with Crippen LogP contribution in [-0.2, 0) is 13.0 Å². The Morgan fingerprint density at radius 2 is 1.86 bits per heavy atom. The lowest BCUT2D eigenvalue weighted by Gasteiger charge is -2.10. The molecule has 29 heavy (non-hydrogen) atoms. The molecule has 0 atom stereocenters. The first-order valence-corrected chi connectivity index (χ1v) is 9.39. The molecular weight excluding hydrogens is 365 g/mol. The molecule has 0 bridgehead atoms. The van der Waals surface area contributed by atoms with Crippen LogP contribution in [-0.4, -0.2) is 9.55 Å². The van der Waals surface area contributed by atoms with Crippen LogP contribution in [0.5, 0.6) is 0 Å². The first kappa shape index (κ1) is 17.4. The van der Waals surface area contributed by atoms with Crippen molar-refractivity contribution >= 4 is 16.6 Å². The number of benzene rings is 3. The number of nitrogens with one attached hydrogen (secondary N) is 1. The van der Waals surface area contributed by atoms with Crippen molar-refractivity contribution in [1.82, 2.24) is 9.55 Å². The van der Waals surface area contributed by atoms with Crippen LogP contribution in [0.15, 0.2) is 84.1 Å². The highest BCUT2D eigenvalue weighted by Gasteiger charge is 2.15. The van der Waals surface area contributed by atoms with Crippen LogP contribution in [0.25, 0.3) is 22.0 Å². The average Bonchev–Trinajstić information content (AvgIpc) is 3.10. The average molecular weight is 383 g/mol. The number of aromatic nitrogens is 2. The molecular formula is C24H18FN3O. The molecule has 2 heterocycles. The van der Waals surface area contributed by atoms with E-state index in [9.17, 15) is 9.18 Å². The van der Waals surface area contributed by atoms with Gasteiger partial charge in [0.15, 0.2) is 0 Å². The zero-order chi connectivity index (χ0) is 20.0. The number of allylic oxidation sites excluding steroid dienone is 1. The lowest BCUT2D eigenvalue weighted by atomic mass is 10.00. The Hall–Kier alpha value is -3.73. The summed E-state index contributed by atoms with van der Waals surface area (Å²) in [6, 6.07) is 18.3. The standard InChI is InChI=1S/C24H18FN3O/c1-15-10-19-11-16(8-9-22(19)27-15)17-6-7-18(21(25)12-17)13-28-14-26-23-5-3-2-4-20(23)24(28)29/h2-9,11-12,14,27H,1,10,13H2. The van der Waals surface area contributed by atoms with Crippen molar-refractivity contribution in [2.45, 2.75) is 13.0 Å². The van der Waals surface area contributed by atoms with E-state index in [4.69, 9.17) is 0 Å². The lowest BCUT2D eigenvalue weighted by molar-refractivity contribution is 0.596. The van der Waals surface area contributed by atoms with Crippen LogP contribution >= 0.6 is 0 Å². The fraction of sp³-hybridized carbons (Fsp3) is 0.0833. The molecule has 1 aliphatic rings. The van der Waals surface area contributed by atoms with Gasteiger partial charge in [-0.1, -0.05) is 36.9 Å². The molecule has 4 nitrogen and oxygen atoms in total. The molecule has 142 valence electrons. The quantitative estimate of drug-likeness (QED) is 0.556. The van der Waals surface area contributed by atoms with Crippen molar-refractivity contribution in [1.29, 1.82) is 0 Å². The monoisotopic (exact) mass is 383 g/mol. The number of rotatable bonds is 3. The van der Waals surface area contributed by atoms with E-state index in [0.717, 1.165) is 34.5 Å². The Kier molecular flexibility index (Phi) is 4.02. The largest absolute Gasteiger partial charge is 0.359 e. The maximum Gasteiger partial charge on any atom is 0.261 e. The Labute approximate surface area is 167 Å². The van der Waals surface area contributed by atoms with Crippen LogP contribution in [0, 0.1) is 5.82 Å². The number of hydrogen-bond donors (Lipinski definition) is 1. The van der Waals surface area contributed by atoms with Crippen LogP contribution in [0.1, 0.15) is 11.1 Å². The van der Waals surface area contributed by atoms with Crippen LogP contribution in [0.4, 0.5) is 10.1 Å². The molecule has 0 fully saturated rings. The van der Waals surface area contributed by atoms with Crippen LogP contribution < -0.4 is 10.9 Å². The second-order valence-corrected chi connectivity index (χ2v) is 7.28. The number of nitrogens with zero attached hydrogens (tertiary/aromatic N) is 2. The summed E-state index contributed by atoms with van der Waals surface area (Å²) in [6.07, 6.45) is 2.25. The molecule has 0 saturated heterocycles. The van der Waals surface area contributed by atoms with E-state index >= 15 is 0 Å². The van der Waals surface area contributed by atoms with Crippen molar-refractivity contribution in [2.24, 2.45) is 0 Å². The number of hydrogen-bond acceptors (Lipinski definition) is 3. The molecule has 1 N–H and O–H groups in total. The van der Waals surface area contributed by atoms with Gasteiger partial charge in [0.05, 0.1) is 23.8 Å². The highest BCUT2D eigenvalue weighted by Crippen LogP contribution is 2.32. The maximum absolute atomic E-state index is 14.8. The maximum atomic E-state index is 14.8. The van der Waals surface area contributed by atoms with E-state index in [2.05, 4.69) is 22.9 Å². The predicted molar refractivity (Wildman–Crippen MR) is 113 cm³/mol. The van der Waals surface area contributed by atoms with Gasteiger partial charge in [0.25, 0.3) is 5.56 Å². The molecule has 5 rings (SSSR count). The van der Waals surface area contributed by atoms with Gasteiger partial charge in [-0.15, -0.1) is 0 Å². The summed E-state index contributed by atoms with van der Waals surface area (Å²) in [6.45, 7) is 4.09. The number of anilines is 1. The van der Waals surface area contributed by atoms with Crippen molar-refractivity contribution in [3.8, 4) is 11.1 Å². The summed E-state index contributed by atoms with van der Waals surface area (Å²) in [5, 5.41) is 3.76. The molecule has 0 spiro atoms. The normalized spacial score (nSPS) is 12.8. The Balaban J connectivity index is 1.47. The van der Waals surface area contributed by atoms with Gasteiger partial charge in [-0.25, -0.2) is 9.37 Å². The molecule has 1 aliphatic heterocycles. The predicted octanol–water partition coefficient (Wildman–Crippen LogP) is 4.73. The van der Waals surface area contributed by atoms with E-state index in [-0.39, 0.29) is 17.9 Å². The third kappa shape index (κ3) is 3.10. The number of fused-ring (bicyclic) bond motifs is 2. The van der Waals surface area contributed by atoms with E-state index < -0.39 is 0 Å². The number of para-hydroxylation sites is 1. The Morgan fingerprint density at radius 1 is 1.07 bits per heavy atom. The third-order valence-corrected chi connectivity index (χ3v) is 5.28. The summed E-state index contributed by atoms with van der Waals surface area (Å²) in [5.41, 5.74) is 5.84. The summed E-state index contributed by atoms with van der Waals surface area (Å²) in [5.74, 6) is -0.342. The molecule has 4 aromatic rings. The highest BCUT2D eigenvalue weighted by atomic mass is 19.1. The molecule has 1 aromatic heterocycles. The molecule has 0 amide bonds. The van der Waals surface area contributed by atoms with E-state index in [1.165, 1.54) is 17.0 Å². The molecule has 0 unspecified atom stereocenters. The minimum Gasteiger partial charge on any atom is -0.359 e. The third-order valence-electron chi connectivity index (χ3n) is 5.28. The van der Waals surface area contributed by atoms with Gasteiger partial charge in [0.1, 0.15) is 5.82 Å². The number of halogens is 1. The van der Waals surface area contributed by atoms with Gasteiger partial charge >= 0.3 is 0 Å². The second-order valence-electron chi connectivity index (χ2n) is 7.28. The molecule has 5 heteroatoms. The molecule has 0 radical (unpaired) electrons. The zero-order valence-corrected chi connectivity index (χ0v) is 15.7. The minimum atomic E-state index is -0.342. The molecule has 0 aliphatic carbocycles. The Bertz CT molecular complexity index is 1340. The van der Waals surface area contributed by atoms with Gasteiger partial charge in [0, 0.05) is 23.4 Å². The van der Waals surface area contributed by atoms with Crippen molar-refractivity contribution in [3.63, 3.8) is 0 Å². The van der Waals surface area contributed by atoms with Gasteiger partial charge < -0.3 is 5.32 Å². The summed E-state index contributed by atoms with van der Waals surface area (Å²) < 4.78 is 16.3. The van der Waals surface area contributed by atoms with Crippen molar-refractivity contribution in [3.05, 3.63) is 107 Å². The topological polar surface area (TPSA) is 46.9 Å². The zero-order valence-electron chi connectivity index (χ0n) is 15.7. The fourth-order valence-electron chi connectivity index (χ4n) is 3.76. The fourth-order valence-corrected chi connectivity index (χ4v) is 3.76. The van der Waals surface area contributed by atoms with Crippen molar-refractivity contribution in [2.75, 3.05) is 5.32 Å². The van der Waals surface area contributed by atoms with Crippen LogP contribution in [0.2, 0.25) is 0 Å². The van der Waals surface area contributed by atoms with Gasteiger partial charge in [-0.3, -0.25) is 9.36 Å². The van der Waals surface area contributed by atoms with E-state index in [0.29, 0.717) is 16.5 Å². The highest BCUT2D eigenvalue weighted by molar-refractivity contribution is 5.77. The summed E-state index contributed by atoms with van der Waals surface area (Å²) in [7, 11) is 0. The Morgan fingerprint density at radius 3 is 2.72 bits per heavy atom.